The topological polar surface area (TPSA) is 20.3 Å². The molecule has 0 aliphatic carbocycles. The molecule has 3 heteroatoms. The Labute approximate surface area is 121 Å². The minimum Gasteiger partial charge on any atom is -0.336 e. The Balaban J connectivity index is 1.97. The normalized spacial score (nSPS) is 19.1. The summed E-state index contributed by atoms with van der Waals surface area (Å²) in [5.41, 5.74) is 0.795. The minimum atomic E-state index is 0.162. The number of carbonyl (C=O) groups excluding carboxylic acids is 1. The first-order valence-electron chi connectivity index (χ1n) is 6.65. The SMILES string of the molecule is CC1CCCN1C(=O)c1ccc2cc(Br)ccc2c1. The van der Waals surface area contributed by atoms with E-state index in [-0.39, 0.29) is 5.91 Å². The highest BCUT2D eigenvalue weighted by atomic mass is 79.9. The molecule has 1 aliphatic rings. The van der Waals surface area contributed by atoms with Gasteiger partial charge in [0.05, 0.1) is 0 Å². The van der Waals surface area contributed by atoms with Crippen molar-refractivity contribution in [3.05, 3.63) is 46.4 Å². The molecule has 0 aromatic heterocycles. The Morgan fingerprint density at radius 1 is 1.21 bits per heavy atom. The van der Waals surface area contributed by atoms with E-state index in [9.17, 15) is 4.79 Å². The fourth-order valence-electron chi connectivity index (χ4n) is 2.75. The van der Waals surface area contributed by atoms with E-state index < -0.39 is 0 Å². The van der Waals surface area contributed by atoms with Crippen molar-refractivity contribution in [3.8, 4) is 0 Å². The van der Waals surface area contributed by atoms with E-state index in [0.717, 1.165) is 40.2 Å². The quantitative estimate of drug-likeness (QED) is 0.771. The Morgan fingerprint density at radius 3 is 2.68 bits per heavy atom. The van der Waals surface area contributed by atoms with Gasteiger partial charge in [-0.1, -0.05) is 28.1 Å². The Bertz CT molecular complexity index is 638. The summed E-state index contributed by atoms with van der Waals surface area (Å²) in [4.78, 5) is 14.5. The average molecular weight is 318 g/mol. The highest BCUT2D eigenvalue weighted by Crippen LogP contribution is 2.24. The van der Waals surface area contributed by atoms with E-state index in [4.69, 9.17) is 0 Å². The van der Waals surface area contributed by atoms with Gasteiger partial charge in [-0.2, -0.15) is 0 Å². The summed E-state index contributed by atoms with van der Waals surface area (Å²) in [6.07, 6.45) is 2.24. The van der Waals surface area contributed by atoms with Gasteiger partial charge in [-0.05, 0) is 54.8 Å². The lowest BCUT2D eigenvalue weighted by Gasteiger charge is -2.21. The summed E-state index contributed by atoms with van der Waals surface area (Å²) in [5.74, 6) is 0.162. The van der Waals surface area contributed by atoms with E-state index in [1.165, 1.54) is 0 Å². The summed E-state index contributed by atoms with van der Waals surface area (Å²) >= 11 is 3.47. The van der Waals surface area contributed by atoms with Gasteiger partial charge >= 0.3 is 0 Å². The van der Waals surface area contributed by atoms with Crippen LogP contribution in [0.3, 0.4) is 0 Å². The summed E-state index contributed by atoms with van der Waals surface area (Å²) in [6.45, 7) is 3.02. The number of hydrogen-bond donors (Lipinski definition) is 0. The van der Waals surface area contributed by atoms with Crippen LogP contribution in [0, 0.1) is 0 Å². The van der Waals surface area contributed by atoms with Crippen molar-refractivity contribution >= 4 is 32.6 Å². The highest BCUT2D eigenvalue weighted by Gasteiger charge is 2.25. The van der Waals surface area contributed by atoms with Gasteiger partial charge in [0, 0.05) is 22.6 Å². The molecular formula is C16H16BrNO. The third-order valence-corrected chi connectivity index (χ3v) is 4.36. The Hall–Kier alpha value is -1.35. The lowest BCUT2D eigenvalue weighted by molar-refractivity contribution is 0.0747. The molecule has 1 aliphatic heterocycles. The van der Waals surface area contributed by atoms with Gasteiger partial charge in [-0.15, -0.1) is 0 Å². The van der Waals surface area contributed by atoms with Crippen LogP contribution in [0.2, 0.25) is 0 Å². The second-order valence-electron chi connectivity index (χ2n) is 5.20. The summed E-state index contributed by atoms with van der Waals surface area (Å²) in [5, 5.41) is 2.27. The standard InChI is InChI=1S/C16H16BrNO/c1-11-3-2-8-18(11)16(19)14-5-4-13-10-15(17)7-6-12(13)9-14/h4-7,9-11H,2-3,8H2,1H3. The Kier molecular flexibility index (Phi) is 3.31. The minimum absolute atomic E-state index is 0.162. The van der Waals surface area contributed by atoms with E-state index >= 15 is 0 Å². The number of nitrogens with zero attached hydrogens (tertiary/aromatic N) is 1. The second-order valence-corrected chi connectivity index (χ2v) is 6.11. The van der Waals surface area contributed by atoms with Gasteiger partial charge in [-0.25, -0.2) is 0 Å². The molecule has 2 aromatic rings. The van der Waals surface area contributed by atoms with Crippen LogP contribution >= 0.6 is 15.9 Å². The lowest BCUT2D eigenvalue weighted by atomic mass is 10.1. The molecule has 98 valence electrons. The number of likely N-dealkylation sites (tertiary alicyclic amines) is 1. The lowest BCUT2D eigenvalue weighted by Crippen LogP contribution is -2.33. The largest absolute Gasteiger partial charge is 0.336 e. The van der Waals surface area contributed by atoms with Crippen LogP contribution in [0.25, 0.3) is 10.8 Å². The van der Waals surface area contributed by atoms with Crippen LogP contribution in [0.1, 0.15) is 30.1 Å². The number of fused-ring (bicyclic) bond motifs is 1. The predicted molar refractivity (Wildman–Crippen MR) is 81.4 cm³/mol. The van der Waals surface area contributed by atoms with Crippen molar-refractivity contribution in [2.24, 2.45) is 0 Å². The molecule has 0 spiro atoms. The molecule has 3 rings (SSSR count). The van der Waals surface area contributed by atoms with Gasteiger partial charge in [0.25, 0.3) is 5.91 Å². The van der Waals surface area contributed by atoms with Gasteiger partial charge in [0.1, 0.15) is 0 Å². The van der Waals surface area contributed by atoms with Crippen LogP contribution in [-0.2, 0) is 0 Å². The van der Waals surface area contributed by atoms with Crippen LogP contribution in [0.4, 0.5) is 0 Å². The first-order chi connectivity index (χ1) is 9.15. The van der Waals surface area contributed by atoms with E-state index in [1.54, 1.807) is 0 Å². The van der Waals surface area contributed by atoms with Gasteiger partial charge in [0.2, 0.25) is 0 Å². The third kappa shape index (κ3) is 2.39. The maximum absolute atomic E-state index is 12.5. The predicted octanol–water partition coefficient (Wildman–Crippen LogP) is 4.23. The molecule has 1 heterocycles. The summed E-state index contributed by atoms with van der Waals surface area (Å²) in [6, 6.07) is 12.4. The van der Waals surface area contributed by atoms with Crippen LogP contribution in [-0.4, -0.2) is 23.4 Å². The molecule has 0 N–H and O–H groups in total. The average Bonchev–Trinajstić information content (AvgIpc) is 2.83. The third-order valence-electron chi connectivity index (χ3n) is 3.86. The molecule has 1 fully saturated rings. The molecular weight excluding hydrogens is 302 g/mol. The van der Waals surface area contributed by atoms with Gasteiger partial charge in [-0.3, -0.25) is 4.79 Å². The van der Waals surface area contributed by atoms with Crippen molar-refractivity contribution in [2.45, 2.75) is 25.8 Å². The van der Waals surface area contributed by atoms with Crippen molar-refractivity contribution in [1.82, 2.24) is 4.90 Å². The molecule has 1 saturated heterocycles. The maximum Gasteiger partial charge on any atom is 0.254 e. The molecule has 1 unspecified atom stereocenters. The molecule has 1 amide bonds. The van der Waals surface area contributed by atoms with Crippen molar-refractivity contribution in [1.29, 1.82) is 0 Å². The maximum atomic E-state index is 12.5. The van der Waals surface area contributed by atoms with E-state index in [1.807, 2.05) is 35.2 Å². The van der Waals surface area contributed by atoms with Crippen molar-refractivity contribution < 1.29 is 4.79 Å². The van der Waals surface area contributed by atoms with Crippen LogP contribution < -0.4 is 0 Å². The zero-order valence-electron chi connectivity index (χ0n) is 10.9. The zero-order chi connectivity index (χ0) is 13.4. The molecule has 1 atom stereocenters. The monoisotopic (exact) mass is 317 g/mol. The summed E-state index contributed by atoms with van der Waals surface area (Å²) in [7, 11) is 0. The number of amides is 1. The fourth-order valence-corrected chi connectivity index (χ4v) is 3.13. The number of carbonyl (C=O) groups is 1. The first kappa shape index (κ1) is 12.7. The van der Waals surface area contributed by atoms with Gasteiger partial charge in [0.15, 0.2) is 0 Å². The molecule has 19 heavy (non-hydrogen) atoms. The van der Waals surface area contributed by atoms with E-state index in [2.05, 4.69) is 28.9 Å². The zero-order valence-corrected chi connectivity index (χ0v) is 12.5. The first-order valence-corrected chi connectivity index (χ1v) is 7.45. The van der Waals surface area contributed by atoms with Crippen LogP contribution in [0.5, 0.6) is 0 Å². The molecule has 0 radical (unpaired) electrons. The number of rotatable bonds is 1. The summed E-state index contributed by atoms with van der Waals surface area (Å²) < 4.78 is 1.06. The fraction of sp³-hybridized carbons (Fsp3) is 0.312. The molecule has 0 bridgehead atoms. The van der Waals surface area contributed by atoms with E-state index in [0.29, 0.717) is 6.04 Å². The number of benzene rings is 2. The Morgan fingerprint density at radius 2 is 1.95 bits per heavy atom. The smallest absolute Gasteiger partial charge is 0.254 e. The number of halogens is 1. The number of hydrogen-bond acceptors (Lipinski definition) is 1. The van der Waals surface area contributed by atoms with Gasteiger partial charge < -0.3 is 4.90 Å². The highest BCUT2D eigenvalue weighted by molar-refractivity contribution is 9.10. The van der Waals surface area contributed by atoms with Crippen LogP contribution in [0.15, 0.2) is 40.9 Å². The van der Waals surface area contributed by atoms with Crippen molar-refractivity contribution in [3.63, 3.8) is 0 Å². The second kappa shape index (κ2) is 4.97. The molecule has 0 saturated carbocycles. The molecule has 2 nitrogen and oxygen atoms in total. The van der Waals surface area contributed by atoms with Crippen molar-refractivity contribution in [2.75, 3.05) is 6.54 Å². The molecule has 2 aromatic carbocycles.